The number of nitrogens with two attached hydrogens (primary N) is 1. The van der Waals surface area contributed by atoms with Crippen molar-refractivity contribution in [2.75, 3.05) is 24.5 Å². The van der Waals surface area contributed by atoms with Crippen molar-refractivity contribution >= 4 is 5.95 Å². The summed E-state index contributed by atoms with van der Waals surface area (Å²) in [5, 5.41) is 7.33. The molecule has 0 saturated carbocycles. The molecule has 0 amide bonds. The maximum atomic E-state index is 5.72. The van der Waals surface area contributed by atoms with Crippen LogP contribution in [0.4, 0.5) is 5.95 Å². The second-order valence-electron chi connectivity index (χ2n) is 5.40. The van der Waals surface area contributed by atoms with Crippen LogP contribution in [0, 0.1) is 12.8 Å². The molecule has 0 aliphatic carbocycles. The number of anilines is 1. The molecule has 1 aliphatic heterocycles. The van der Waals surface area contributed by atoms with Crippen LogP contribution < -0.4 is 10.6 Å². The Morgan fingerprint density at radius 2 is 2.15 bits per heavy atom. The fourth-order valence-corrected chi connectivity index (χ4v) is 2.58. The van der Waals surface area contributed by atoms with E-state index in [0.717, 1.165) is 55.4 Å². The molecule has 1 saturated heterocycles. The lowest BCUT2D eigenvalue weighted by Gasteiger charge is -2.30. The average molecular weight is 272 g/mol. The minimum atomic E-state index is 0.644. The van der Waals surface area contributed by atoms with Crippen molar-refractivity contribution in [3.63, 3.8) is 0 Å². The summed E-state index contributed by atoms with van der Waals surface area (Å²) < 4.78 is 0. The van der Waals surface area contributed by atoms with Crippen molar-refractivity contribution in [2.45, 2.75) is 19.8 Å². The molecule has 3 N–H and O–H groups in total. The van der Waals surface area contributed by atoms with Gasteiger partial charge in [0.2, 0.25) is 5.95 Å². The van der Waals surface area contributed by atoms with Crippen molar-refractivity contribution < 1.29 is 0 Å². The molecule has 20 heavy (non-hydrogen) atoms. The molecular formula is C14H20N6. The summed E-state index contributed by atoms with van der Waals surface area (Å²) >= 11 is 0. The van der Waals surface area contributed by atoms with Crippen molar-refractivity contribution in [3.05, 3.63) is 24.0 Å². The molecule has 2 aromatic rings. The van der Waals surface area contributed by atoms with E-state index in [2.05, 4.69) is 31.1 Å². The van der Waals surface area contributed by atoms with E-state index in [1.54, 1.807) is 6.20 Å². The Morgan fingerprint density at radius 1 is 1.35 bits per heavy atom. The first-order chi connectivity index (χ1) is 9.76. The first-order valence-corrected chi connectivity index (χ1v) is 7.05. The number of H-pyrrole nitrogens is 1. The lowest BCUT2D eigenvalue weighted by molar-refractivity contribution is 0.411. The topological polar surface area (TPSA) is 83.7 Å². The summed E-state index contributed by atoms with van der Waals surface area (Å²) in [7, 11) is 0. The minimum Gasteiger partial charge on any atom is -0.340 e. The molecule has 0 radical (unpaired) electrons. The Hall–Kier alpha value is -1.95. The second-order valence-corrected chi connectivity index (χ2v) is 5.40. The Balaban J connectivity index is 1.74. The van der Waals surface area contributed by atoms with E-state index in [1.165, 1.54) is 0 Å². The van der Waals surface area contributed by atoms with Crippen molar-refractivity contribution in [3.8, 4) is 11.4 Å². The van der Waals surface area contributed by atoms with Gasteiger partial charge in [0.15, 0.2) is 5.82 Å². The van der Waals surface area contributed by atoms with Crippen LogP contribution in [0.25, 0.3) is 11.4 Å². The first-order valence-electron chi connectivity index (χ1n) is 7.05. The normalized spacial score (nSPS) is 16.6. The molecule has 0 atom stereocenters. The van der Waals surface area contributed by atoms with Gasteiger partial charge in [-0.05, 0) is 43.9 Å². The summed E-state index contributed by atoms with van der Waals surface area (Å²) in [5.41, 5.74) is 7.81. The highest BCUT2D eigenvalue weighted by Crippen LogP contribution is 2.22. The highest BCUT2D eigenvalue weighted by atomic mass is 15.4. The van der Waals surface area contributed by atoms with Gasteiger partial charge >= 0.3 is 0 Å². The summed E-state index contributed by atoms with van der Waals surface area (Å²) in [6, 6.07) is 2.05. The zero-order chi connectivity index (χ0) is 13.9. The fraction of sp³-hybridized carbons (Fsp3) is 0.500. The number of aromatic amines is 1. The molecular weight excluding hydrogens is 252 g/mol. The van der Waals surface area contributed by atoms with E-state index in [1.807, 2.05) is 13.1 Å². The number of nitrogens with one attached hydrogen (secondary N) is 1. The highest BCUT2D eigenvalue weighted by molar-refractivity contribution is 5.55. The molecule has 2 aromatic heterocycles. The van der Waals surface area contributed by atoms with Gasteiger partial charge in [0.25, 0.3) is 0 Å². The van der Waals surface area contributed by atoms with Crippen LogP contribution in [0.2, 0.25) is 0 Å². The predicted molar refractivity (Wildman–Crippen MR) is 78.3 cm³/mol. The predicted octanol–water partition coefficient (Wildman–Crippen LogP) is 1.35. The van der Waals surface area contributed by atoms with Crippen LogP contribution in [-0.4, -0.2) is 39.8 Å². The van der Waals surface area contributed by atoms with Gasteiger partial charge in [-0.15, -0.1) is 5.10 Å². The Kier molecular flexibility index (Phi) is 3.64. The van der Waals surface area contributed by atoms with Crippen LogP contribution >= 0.6 is 0 Å². The summed E-state index contributed by atoms with van der Waals surface area (Å²) in [5.74, 6) is 2.19. The molecule has 0 aromatic carbocycles. The standard InChI is InChI=1S/C14H20N6/c1-10-6-12(9-16-8-10)13-17-14(19-18-13)20-4-2-11(7-15)3-5-20/h6,8-9,11H,2-5,7,15H2,1H3,(H,17,18,19). The number of nitrogens with zero attached hydrogens (tertiary/aromatic N) is 4. The van der Waals surface area contributed by atoms with Crippen molar-refractivity contribution in [2.24, 2.45) is 11.7 Å². The van der Waals surface area contributed by atoms with E-state index in [9.17, 15) is 0 Å². The van der Waals surface area contributed by atoms with Gasteiger partial charge in [-0.2, -0.15) is 4.98 Å². The van der Waals surface area contributed by atoms with E-state index in [0.29, 0.717) is 5.92 Å². The lowest BCUT2D eigenvalue weighted by Crippen LogP contribution is -2.36. The van der Waals surface area contributed by atoms with Gasteiger partial charge in [-0.1, -0.05) is 0 Å². The zero-order valence-electron chi connectivity index (χ0n) is 11.7. The van der Waals surface area contributed by atoms with Crippen molar-refractivity contribution in [1.29, 1.82) is 0 Å². The van der Waals surface area contributed by atoms with E-state index in [-0.39, 0.29) is 0 Å². The quantitative estimate of drug-likeness (QED) is 0.881. The van der Waals surface area contributed by atoms with Crippen molar-refractivity contribution in [1.82, 2.24) is 20.2 Å². The fourth-order valence-electron chi connectivity index (χ4n) is 2.58. The lowest BCUT2D eigenvalue weighted by atomic mass is 9.97. The van der Waals surface area contributed by atoms with Gasteiger partial charge in [0.1, 0.15) is 0 Å². The number of hydrogen-bond donors (Lipinski definition) is 2. The summed E-state index contributed by atoms with van der Waals surface area (Å²) in [4.78, 5) is 11.0. The highest BCUT2D eigenvalue weighted by Gasteiger charge is 2.21. The van der Waals surface area contributed by atoms with Gasteiger partial charge in [-0.25, -0.2) is 0 Å². The minimum absolute atomic E-state index is 0.644. The molecule has 0 unspecified atom stereocenters. The molecule has 1 aliphatic rings. The monoisotopic (exact) mass is 272 g/mol. The number of aromatic nitrogens is 4. The molecule has 0 spiro atoms. The molecule has 3 rings (SSSR count). The first kappa shape index (κ1) is 13.1. The van der Waals surface area contributed by atoms with Crippen LogP contribution in [0.5, 0.6) is 0 Å². The molecule has 6 nitrogen and oxygen atoms in total. The Labute approximate surface area is 118 Å². The summed E-state index contributed by atoms with van der Waals surface area (Å²) in [6.07, 6.45) is 5.87. The molecule has 0 bridgehead atoms. The van der Waals surface area contributed by atoms with Gasteiger partial charge in [0.05, 0.1) is 0 Å². The van der Waals surface area contributed by atoms with Crippen LogP contribution in [-0.2, 0) is 0 Å². The zero-order valence-corrected chi connectivity index (χ0v) is 11.7. The van der Waals surface area contributed by atoms with Crippen LogP contribution in [0.15, 0.2) is 18.5 Å². The van der Waals surface area contributed by atoms with Gasteiger partial charge in [-0.3, -0.25) is 10.1 Å². The van der Waals surface area contributed by atoms with Crippen LogP contribution in [0.1, 0.15) is 18.4 Å². The Morgan fingerprint density at radius 3 is 2.85 bits per heavy atom. The molecule has 1 fully saturated rings. The SMILES string of the molecule is Cc1cncc(-c2nc(N3CCC(CN)CC3)n[nH]2)c1. The molecule has 3 heterocycles. The summed E-state index contributed by atoms with van der Waals surface area (Å²) in [6.45, 7) is 4.75. The number of aryl methyl sites for hydroxylation is 1. The number of piperidine rings is 1. The Bertz CT molecular complexity index is 571. The third-order valence-corrected chi connectivity index (χ3v) is 3.85. The number of hydrogen-bond acceptors (Lipinski definition) is 5. The number of pyridine rings is 1. The van der Waals surface area contributed by atoms with E-state index in [4.69, 9.17) is 5.73 Å². The maximum absolute atomic E-state index is 5.72. The van der Waals surface area contributed by atoms with Gasteiger partial charge in [0, 0.05) is 31.0 Å². The van der Waals surface area contributed by atoms with E-state index >= 15 is 0 Å². The molecule has 6 heteroatoms. The average Bonchev–Trinajstić information content (AvgIpc) is 2.97. The smallest absolute Gasteiger partial charge is 0.245 e. The third kappa shape index (κ3) is 2.65. The van der Waals surface area contributed by atoms with Gasteiger partial charge < -0.3 is 10.6 Å². The largest absolute Gasteiger partial charge is 0.340 e. The van der Waals surface area contributed by atoms with Crippen LogP contribution in [0.3, 0.4) is 0 Å². The third-order valence-electron chi connectivity index (χ3n) is 3.85. The number of rotatable bonds is 3. The van der Waals surface area contributed by atoms with E-state index < -0.39 is 0 Å². The second kappa shape index (κ2) is 5.58. The molecule has 106 valence electrons. The maximum Gasteiger partial charge on any atom is 0.245 e.